The molecule has 5 aromatic rings. The second-order valence-corrected chi connectivity index (χ2v) is 13.0. The number of anilines is 2. The summed E-state index contributed by atoms with van der Waals surface area (Å²) in [5.41, 5.74) is 5.86. The zero-order valence-electron chi connectivity index (χ0n) is 26.3. The van der Waals surface area contributed by atoms with E-state index in [-0.39, 0.29) is 29.1 Å². The molecule has 1 aliphatic heterocycles. The first-order valence-corrected chi connectivity index (χ1v) is 15.6. The fourth-order valence-electron chi connectivity index (χ4n) is 6.00. The molecule has 3 N–H and O–H groups in total. The van der Waals surface area contributed by atoms with Crippen molar-refractivity contribution in [3.8, 4) is 5.69 Å². The highest BCUT2D eigenvalue weighted by atomic mass is 16.2. The Labute approximate surface area is 264 Å². The Morgan fingerprint density at radius 1 is 0.911 bits per heavy atom. The molecule has 0 bridgehead atoms. The Balaban J connectivity index is 1.22. The lowest BCUT2D eigenvalue weighted by Crippen LogP contribution is -2.33. The van der Waals surface area contributed by atoms with Crippen LogP contribution in [-0.2, 0) is 5.41 Å². The van der Waals surface area contributed by atoms with Gasteiger partial charge in [-0.15, -0.1) is 0 Å². The minimum Gasteiger partial charge on any atom is -0.317 e. The van der Waals surface area contributed by atoms with Crippen LogP contribution in [0.2, 0.25) is 0 Å². The molecule has 8 heteroatoms. The maximum atomic E-state index is 14.1. The molecule has 3 heterocycles. The Morgan fingerprint density at radius 2 is 1.64 bits per heavy atom. The maximum Gasteiger partial charge on any atom is 0.324 e. The SMILES string of the molecule is Cc1ccc(-n2nc(C(C)(C)C)cc2NC(=O)Nc2ccc(C(C(=O)c3ccc4ncccc4c3)C3CCNCC3)cc2)cc1. The summed E-state index contributed by atoms with van der Waals surface area (Å²) in [4.78, 5) is 31.7. The van der Waals surface area contributed by atoms with Gasteiger partial charge in [-0.05, 0) is 92.9 Å². The number of benzene rings is 3. The molecule has 0 spiro atoms. The number of urea groups is 1. The third-order valence-corrected chi connectivity index (χ3v) is 8.55. The van der Waals surface area contributed by atoms with Crippen molar-refractivity contribution >= 4 is 34.2 Å². The lowest BCUT2D eigenvalue weighted by Gasteiger charge is -2.30. The number of pyridine rings is 1. The summed E-state index contributed by atoms with van der Waals surface area (Å²) in [5.74, 6) is 0.651. The molecule has 1 saturated heterocycles. The minimum absolute atomic E-state index is 0.116. The number of fused-ring (bicyclic) bond motifs is 1. The Morgan fingerprint density at radius 3 is 2.36 bits per heavy atom. The van der Waals surface area contributed by atoms with E-state index in [0.717, 1.165) is 59.3 Å². The number of nitrogens with one attached hydrogen (secondary N) is 3. The number of piperidine rings is 1. The lowest BCUT2D eigenvalue weighted by molar-refractivity contribution is 0.0916. The number of ketones is 1. The monoisotopic (exact) mass is 600 g/mol. The van der Waals surface area contributed by atoms with E-state index in [1.54, 1.807) is 10.9 Å². The quantitative estimate of drug-likeness (QED) is 0.167. The van der Waals surface area contributed by atoms with Crippen LogP contribution in [0.25, 0.3) is 16.6 Å². The van der Waals surface area contributed by atoms with Crippen LogP contribution in [0.5, 0.6) is 0 Å². The van der Waals surface area contributed by atoms with Crippen LogP contribution < -0.4 is 16.0 Å². The van der Waals surface area contributed by atoms with Crippen LogP contribution in [-0.4, -0.2) is 39.7 Å². The number of aromatic nitrogens is 3. The first kappa shape index (κ1) is 30.2. The molecular weight excluding hydrogens is 560 g/mol. The fourth-order valence-corrected chi connectivity index (χ4v) is 6.00. The molecular formula is C37H40N6O2. The van der Waals surface area contributed by atoms with Crippen molar-refractivity contribution < 1.29 is 9.59 Å². The predicted molar refractivity (Wildman–Crippen MR) is 180 cm³/mol. The van der Waals surface area contributed by atoms with Crippen LogP contribution in [0.4, 0.5) is 16.3 Å². The Hall–Kier alpha value is -4.82. The van der Waals surface area contributed by atoms with Gasteiger partial charge in [0.15, 0.2) is 5.78 Å². The molecule has 1 fully saturated rings. The highest BCUT2D eigenvalue weighted by molar-refractivity contribution is 6.04. The number of amides is 2. The van der Waals surface area contributed by atoms with E-state index >= 15 is 0 Å². The van der Waals surface area contributed by atoms with Crippen LogP contribution >= 0.6 is 0 Å². The topological polar surface area (TPSA) is 101 Å². The smallest absolute Gasteiger partial charge is 0.317 e. The molecule has 0 saturated carbocycles. The van der Waals surface area contributed by atoms with Gasteiger partial charge in [-0.2, -0.15) is 5.10 Å². The minimum atomic E-state index is -0.368. The van der Waals surface area contributed by atoms with Crippen LogP contribution in [0.1, 0.15) is 66.7 Å². The molecule has 3 aromatic carbocycles. The van der Waals surface area contributed by atoms with Gasteiger partial charge >= 0.3 is 6.03 Å². The standard InChI is InChI=1S/C37H40N6O2/c1-24-7-14-30(15-8-24)43-33(23-32(42-43)37(2,3)4)41-36(45)40-29-12-9-25(10-13-29)34(26-17-20-38-21-18-26)35(44)28-11-16-31-27(22-28)6-5-19-39-31/h5-16,19,22-23,26,34,38H,17-18,20-21H2,1-4H3,(H2,40,41,45). The average Bonchev–Trinajstić information content (AvgIpc) is 3.47. The summed E-state index contributed by atoms with van der Waals surface area (Å²) in [5, 5.41) is 15.1. The molecule has 1 atom stereocenters. The molecule has 2 amide bonds. The highest BCUT2D eigenvalue weighted by Crippen LogP contribution is 2.35. The second kappa shape index (κ2) is 12.7. The Bertz CT molecular complexity index is 1810. The maximum absolute atomic E-state index is 14.1. The van der Waals surface area contributed by atoms with Gasteiger partial charge in [-0.1, -0.05) is 56.7 Å². The Kier molecular flexibility index (Phi) is 8.50. The molecule has 45 heavy (non-hydrogen) atoms. The van der Waals surface area contributed by atoms with Gasteiger partial charge < -0.3 is 10.6 Å². The summed E-state index contributed by atoms with van der Waals surface area (Å²) >= 11 is 0. The number of aryl methyl sites for hydroxylation is 1. The van der Waals surface area contributed by atoms with Crippen molar-refractivity contribution in [2.24, 2.45) is 5.92 Å². The second-order valence-electron chi connectivity index (χ2n) is 13.0. The average molecular weight is 601 g/mol. The lowest BCUT2D eigenvalue weighted by atomic mass is 9.76. The summed E-state index contributed by atoms with van der Waals surface area (Å²) < 4.78 is 1.76. The number of Topliss-reactive ketones (excluding diaryl/α,β-unsaturated/α-hetero) is 1. The molecule has 1 aliphatic rings. The van der Waals surface area contributed by atoms with Crippen LogP contribution in [0, 0.1) is 12.8 Å². The third-order valence-electron chi connectivity index (χ3n) is 8.55. The van der Waals surface area contributed by atoms with Gasteiger partial charge in [0.2, 0.25) is 0 Å². The third kappa shape index (κ3) is 6.81. The first-order chi connectivity index (χ1) is 21.7. The van der Waals surface area contributed by atoms with Gasteiger partial charge in [0, 0.05) is 34.3 Å². The van der Waals surface area contributed by atoms with Gasteiger partial charge in [0.05, 0.1) is 22.8 Å². The normalized spacial score (nSPS) is 14.7. The van der Waals surface area contributed by atoms with Crippen molar-refractivity contribution in [2.75, 3.05) is 23.7 Å². The molecule has 1 unspecified atom stereocenters. The van der Waals surface area contributed by atoms with Gasteiger partial charge in [-0.25, -0.2) is 9.48 Å². The molecule has 230 valence electrons. The van der Waals surface area contributed by atoms with Gasteiger partial charge in [0.25, 0.3) is 0 Å². The number of carbonyl (C=O) groups is 2. The fraction of sp³-hybridized carbons (Fsp3) is 0.297. The summed E-state index contributed by atoms with van der Waals surface area (Å²) in [6.07, 6.45) is 3.62. The van der Waals surface area contributed by atoms with Crippen molar-refractivity contribution in [3.05, 3.63) is 114 Å². The summed E-state index contributed by atoms with van der Waals surface area (Å²) in [6.45, 7) is 10.1. The molecule has 2 aromatic heterocycles. The van der Waals surface area contributed by atoms with E-state index in [1.807, 2.05) is 91.9 Å². The van der Waals surface area contributed by atoms with E-state index < -0.39 is 0 Å². The van der Waals surface area contributed by atoms with Crippen molar-refractivity contribution in [2.45, 2.75) is 51.9 Å². The van der Waals surface area contributed by atoms with Crippen molar-refractivity contribution in [1.82, 2.24) is 20.1 Å². The number of hydrogen-bond donors (Lipinski definition) is 3. The van der Waals surface area contributed by atoms with E-state index in [1.165, 1.54) is 0 Å². The van der Waals surface area contributed by atoms with Crippen molar-refractivity contribution in [1.29, 1.82) is 0 Å². The van der Waals surface area contributed by atoms with E-state index in [4.69, 9.17) is 5.10 Å². The van der Waals surface area contributed by atoms with E-state index in [9.17, 15) is 9.59 Å². The summed E-state index contributed by atoms with van der Waals surface area (Å²) in [7, 11) is 0. The van der Waals surface area contributed by atoms with Gasteiger partial charge in [0.1, 0.15) is 5.82 Å². The van der Waals surface area contributed by atoms with Crippen molar-refractivity contribution in [3.63, 3.8) is 0 Å². The number of carbonyl (C=O) groups excluding carboxylic acids is 2. The molecule has 6 rings (SSSR count). The first-order valence-electron chi connectivity index (χ1n) is 15.6. The van der Waals surface area contributed by atoms with E-state index in [0.29, 0.717) is 17.1 Å². The molecule has 0 radical (unpaired) electrons. The molecule has 8 nitrogen and oxygen atoms in total. The largest absolute Gasteiger partial charge is 0.324 e. The zero-order chi connectivity index (χ0) is 31.6. The van der Waals surface area contributed by atoms with E-state index in [2.05, 4.69) is 41.7 Å². The van der Waals surface area contributed by atoms with Gasteiger partial charge in [-0.3, -0.25) is 15.1 Å². The predicted octanol–water partition coefficient (Wildman–Crippen LogP) is 7.64. The molecule has 0 aliphatic carbocycles. The highest BCUT2D eigenvalue weighted by Gasteiger charge is 2.32. The summed E-state index contributed by atoms with van der Waals surface area (Å²) in [6, 6.07) is 26.9. The zero-order valence-corrected chi connectivity index (χ0v) is 26.3. The van der Waals surface area contributed by atoms with Crippen LogP contribution in [0.3, 0.4) is 0 Å². The number of hydrogen-bond acceptors (Lipinski definition) is 5. The number of nitrogens with zero attached hydrogens (tertiary/aromatic N) is 3. The number of rotatable bonds is 7. The van der Waals surface area contributed by atoms with Crippen LogP contribution in [0.15, 0.2) is 91.1 Å².